The van der Waals surface area contributed by atoms with Gasteiger partial charge >= 0.3 is 0 Å². The molecule has 0 aliphatic rings. The van der Waals surface area contributed by atoms with Crippen molar-refractivity contribution in [3.8, 4) is 0 Å². The van der Waals surface area contributed by atoms with Crippen LogP contribution in [0.5, 0.6) is 0 Å². The summed E-state index contributed by atoms with van der Waals surface area (Å²) in [6, 6.07) is 5.27. The van der Waals surface area contributed by atoms with Gasteiger partial charge in [-0.25, -0.2) is 4.98 Å². The second-order valence-electron chi connectivity index (χ2n) is 4.12. The molecular weight excluding hydrogens is 268 g/mol. The fraction of sp³-hybridized carbons (Fsp3) is 0.250. The molecule has 0 unspecified atom stereocenters. The number of aryl methyl sites for hydroxylation is 2. The molecule has 3 aromatic rings. The molecule has 1 aromatic carbocycles. The molecule has 0 aliphatic heterocycles. The van der Waals surface area contributed by atoms with E-state index in [1.165, 1.54) is 4.85 Å². The van der Waals surface area contributed by atoms with Crippen LogP contribution in [0.15, 0.2) is 22.6 Å². The Morgan fingerprint density at radius 2 is 2.21 bits per heavy atom. The van der Waals surface area contributed by atoms with Gasteiger partial charge in [0.05, 0.1) is 5.69 Å². The van der Waals surface area contributed by atoms with Gasteiger partial charge in [0, 0.05) is 5.02 Å². The van der Waals surface area contributed by atoms with Crippen LogP contribution >= 0.6 is 11.6 Å². The Kier molecular flexibility index (Phi) is 2.87. The fourth-order valence-electron chi connectivity index (χ4n) is 1.68. The summed E-state index contributed by atoms with van der Waals surface area (Å²) in [6.45, 7) is 3.92. The number of hydrogen-bond donors (Lipinski definition) is 0. The molecule has 0 amide bonds. The van der Waals surface area contributed by atoms with E-state index in [-0.39, 0.29) is 6.61 Å². The lowest BCUT2D eigenvalue weighted by Gasteiger charge is -2.02. The second kappa shape index (κ2) is 4.55. The molecule has 0 atom stereocenters. The third-order valence-corrected chi connectivity index (χ3v) is 3.00. The van der Waals surface area contributed by atoms with Crippen LogP contribution in [0.1, 0.15) is 17.3 Å². The number of aromatic nitrogens is 4. The van der Waals surface area contributed by atoms with E-state index in [9.17, 15) is 0 Å². The number of halogens is 1. The summed E-state index contributed by atoms with van der Waals surface area (Å²) < 4.78 is 5.42. The highest BCUT2D eigenvalue weighted by Crippen LogP contribution is 2.16. The molecule has 0 aliphatic carbocycles. The van der Waals surface area contributed by atoms with E-state index in [4.69, 9.17) is 20.9 Å². The van der Waals surface area contributed by atoms with Crippen LogP contribution in [0.2, 0.25) is 5.02 Å². The normalized spacial score (nSPS) is 11.1. The van der Waals surface area contributed by atoms with Gasteiger partial charge in [-0.05, 0) is 37.3 Å². The van der Waals surface area contributed by atoms with Crippen LogP contribution in [0.4, 0.5) is 0 Å². The predicted octanol–water partition coefficient (Wildman–Crippen LogP) is 2.32. The second-order valence-corrected chi connectivity index (χ2v) is 4.55. The monoisotopic (exact) mass is 278 g/mol. The Labute approximate surface area is 113 Å². The summed E-state index contributed by atoms with van der Waals surface area (Å²) in [5.41, 5.74) is 2.27. The Bertz CT molecular complexity index is 715. The quantitative estimate of drug-likeness (QED) is 0.735. The van der Waals surface area contributed by atoms with Crippen molar-refractivity contribution in [2.75, 3.05) is 0 Å². The Morgan fingerprint density at radius 3 is 2.95 bits per heavy atom. The molecule has 0 radical (unpaired) electrons. The van der Waals surface area contributed by atoms with Crippen LogP contribution in [0.3, 0.4) is 0 Å². The number of hydrogen-bond acceptors (Lipinski definition) is 5. The Hall–Kier alpha value is -2.08. The largest absolute Gasteiger partial charge is 0.442 e. The van der Waals surface area contributed by atoms with Gasteiger partial charge in [0.1, 0.15) is 16.8 Å². The van der Waals surface area contributed by atoms with Crippen LogP contribution in [-0.4, -0.2) is 20.1 Å². The molecule has 19 heavy (non-hydrogen) atoms. The lowest BCUT2D eigenvalue weighted by Crippen LogP contribution is -2.13. The van der Waals surface area contributed by atoms with Crippen molar-refractivity contribution < 1.29 is 9.25 Å². The number of fused-ring (bicyclic) bond motifs is 1. The van der Waals surface area contributed by atoms with Crippen molar-refractivity contribution in [1.82, 2.24) is 20.1 Å². The Balaban J connectivity index is 1.83. The molecule has 0 bridgehead atoms. The maximum absolute atomic E-state index is 5.93. The highest BCUT2D eigenvalue weighted by atomic mass is 35.5. The molecule has 0 saturated heterocycles. The van der Waals surface area contributed by atoms with Crippen LogP contribution in [0, 0.1) is 13.8 Å². The number of rotatable bonds is 3. The van der Waals surface area contributed by atoms with Crippen molar-refractivity contribution in [2.24, 2.45) is 0 Å². The van der Waals surface area contributed by atoms with Gasteiger partial charge in [0.2, 0.25) is 5.89 Å². The summed E-state index contributed by atoms with van der Waals surface area (Å²) in [6.07, 6.45) is 0. The number of benzene rings is 1. The molecule has 3 rings (SSSR count). The molecule has 98 valence electrons. The van der Waals surface area contributed by atoms with E-state index < -0.39 is 0 Å². The number of nitrogens with zero attached hydrogens (tertiary/aromatic N) is 4. The highest BCUT2D eigenvalue weighted by molar-refractivity contribution is 6.31. The first-order valence-corrected chi connectivity index (χ1v) is 6.08. The van der Waals surface area contributed by atoms with Gasteiger partial charge < -0.3 is 9.25 Å². The maximum Gasteiger partial charge on any atom is 0.235 e. The first kappa shape index (κ1) is 12.0. The maximum atomic E-state index is 5.93. The summed E-state index contributed by atoms with van der Waals surface area (Å²) in [4.78, 5) is 11.0. The minimum absolute atomic E-state index is 0.180. The van der Waals surface area contributed by atoms with Gasteiger partial charge in [-0.2, -0.15) is 0 Å². The van der Waals surface area contributed by atoms with Crippen molar-refractivity contribution in [1.29, 1.82) is 0 Å². The molecule has 2 heterocycles. The third-order valence-electron chi connectivity index (χ3n) is 2.76. The lowest BCUT2D eigenvalue weighted by molar-refractivity contribution is 0.0611. The SMILES string of the molecule is Cc1nc(COn2nnc3ccc(Cl)cc32)oc1C. The van der Waals surface area contributed by atoms with Gasteiger partial charge in [-0.15, -0.1) is 5.10 Å². The average Bonchev–Trinajstić information content (AvgIpc) is 2.91. The zero-order chi connectivity index (χ0) is 13.4. The first-order valence-electron chi connectivity index (χ1n) is 5.70. The predicted molar refractivity (Wildman–Crippen MR) is 68.8 cm³/mol. The minimum atomic E-state index is 0.180. The molecular formula is C12H11ClN4O2. The number of oxazole rings is 1. The van der Waals surface area contributed by atoms with Crippen molar-refractivity contribution in [2.45, 2.75) is 20.5 Å². The summed E-state index contributed by atoms with van der Waals surface area (Å²) >= 11 is 5.93. The smallest absolute Gasteiger partial charge is 0.235 e. The highest BCUT2D eigenvalue weighted by Gasteiger charge is 2.09. The van der Waals surface area contributed by atoms with E-state index in [0.29, 0.717) is 21.9 Å². The third kappa shape index (κ3) is 2.26. The zero-order valence-electron chi connectivity index (χ0n) is 10.4. The summed E-state index contributed by atoms with van der Waals surface area (Å²) in [7, 11) is 0. The van der Waals surface area contributed by atoms with Crippen LogP contribution in [-0.2, 0) is 6.61 Å². The zero-order valence-corrected chi connectivity index (χ0v) is 11.2. The van der Waals surface area contributed by atoms with Gasteiger partial charge in [0.25, 0.3) is 0 Å². The van der Waals surface area contributed by atoms with E-state index in [0.717, 1.165) is 11.5 Å². The van der Waals surface area contributed by atoms with Crippen molar-refractivity contribution in [3.63, 3.8) is 0 Å². The first-order chi connectivity index (χ1) is 9.13. The topological polar surface area (TPSA) is 66.0 Å². The molecule has 0 spiro atoms. The molecule has 0 fully saturated rings. The van der Waals surface area contributed by atoms with Crippen molar-refractivity contribution in [3.05, 3.63) is 40.6 Å². The molecule has 7 heteroatoms. The lowest BCUT2D eigenvalue weighted by atomic mass is 10.3. The van der Waals surface area contributed by atoms with E-state index >= 15 is 0 Å². The minimum Gasteiger partial charge on any atom is -0.442 e. The fourth-order valence-corrected chi connectivity index (χ4v) is 1.85. The van der Waals surface area contributed by atoms with Crippen LogP contribution < -0.4 is 4.84 Å². The summed E-state index contributed by atoms with van der Waals surface area (Å²) in [5.74, 6) is 1.28. The molecule has 0 saturated carbocycles. The van der Waals surface area contributed by atoms with E-state index in [1.54, 1.807) is 18.2 Å². The van der Waals surface area contributed by atoms with E-state index in [2.05, 4.69) is 15.3 Å². The Morgan fingerprint density at radius 1 is 1.37 bits per heavy atom. The van der Waals surface area contributed by atoms with Gasteiger partial charge in [-0.1, -0.05) is 16.4 Å². The van der Waals surface area contributed by atoms with E-state index in [1.807, 2.05) is 13.8 Å². The standard InChI is InChI=1S/C12H11ClN4O2/c1-7-8(2)19-12(14-7)6-18-17-11-5-9(13)3-4-10(11)15-16-17/h3-5H,6H2,1-2H3. The van der Waals surface area contributed by atoms with Crippen LogP contribution in [0.25, 0.3) is 11.0 Å². The van der Waals surface area contributed by atoms with Gasteiger partial charge in [-0.3, -0.25) is 0 Å². The van der Waals surface area contributed by atoms with Crippen molar-refractivity contribution >= 4 is 22.6 Å². The molecule has 0 N–H and O–H groups in total. The summed E-state index contributed by atoms with van der Waals surface area (Å²) in [5, 5.41) is 8.47. The average molecular weight is 279 g/mol. The van der Waals surface area contributed by atoms with Gasteiger partial charge in [0.15, 0.2) is 6.61 Å². The molecule has 2 aromatic heterocycles. The molecule has 6 nitrogen and oxygen atoms in total.